The molecule has 5 heteroatoms. The van der Waals surface area contributed by atoms with Crippen LogP contribution in [0.1, 0.15) is 31.4 Å². The quantitative estimate of drug-likeness (QED) is 0.455. The van der Waals surface area contributed by atoms with Gasteiger partial charge in [-0.25, -0.2) is 0 Å². The minimum absolute atomic E-state index is 0.703. The van der Waals surface area contributed by atoms with Gasteiger partial charge in [-0.3, -0.25) is 9.98 Å². The van der Waals surface area contributed by atoms with E-state index >= 15 is 0 Å². The van der Waals surface area contributed by atoms with Crippen molar-refractivity contribution in [1.29, 1.82) is 0 Å². The molecular formula is C16H27N5. The molecule has 5 nitrogen and oxygen atoms in total. The van der Waals surface area contributed by atoms with Crippen molar-refractivity contribution in [3.8, 4) is 0 Å². The van der Waals surface area contributed by atoms with Gasteiger partial charge in [-0.15, -0.1) is 0 Å². The molecule has 1 fully saturated rings. The van der Waals surface area contributed by atoms with E-state index in [4.69, 9.17) is 0 Å². The van der Waals surface area contributed by atoms with Crippen LogP contribution >= 0.6 is 0 Å². The molecule has 1 saturated heterocycles. The standard InChI is InChI=1S/C16H27N5/c1-17-16(20-14-15-8-2-3-9-18-15)19-10-4-5-11-21-12-6-7-13-21/h2-3,8-9H,4-7,10-14H2,1H3,(H2,17,19,20). The number of pyridine rings is 1. The number of nitrogens with zero attached hydrogens (tertiary/aromatic N) is 3. The number of aliphatic imine (C=N–C) groups is 1. The van der Waals surface area contributed by atoms with Crippen LogP contribution in [-0.4, -0.2) is 49.1 Å². The molecule has 0 spiro atoms. The van der Waals surface area contributed by atoms with Crippen LogP contribution in [-0.2, 0) is 6.54 Å². The second-order valence-electron chi connectivity index (χ2n) is 5.43. The molecule has 116 valence electrons. The van der Waals surface area contributed by atoms with E-state index in [0.29, 0.717) is 6.54 Å². The summed E-state index contributed by atoms with van der Waals surface area (Å²) in [7, 11) is 1.80. The van der Waals surface area contributed by atoms with Crippen molar-refractivity contribution in [3.05, 3.63) is 30.1 Å². The van der Waals surface area contributed by atoms with Gasteiger partial charge in [0.25, 0.3) is 0 Å². The Kier molecular flexibility index (Phi) is 7.01. The van der Waals surface area contributed by atoms with E-state index in [2.05, 4.69) is 25.5 Å². The van der Waals surface area contributed by atoms with Gasteiger partial charge in [0.05, 0.1) is 12.2 Å². The first-order valence-corrected chi connectivity index (χ1v) is 7.95. The second-order valence-corrected chi connectivity index (χ2v) is 5.43. The predicted molar refractivity (Wildman–Crippen MR) is 87.3 cm³/mol. The highest BCUT2D eigenvalue weighted by atomic mass is 15.2. The average Bonchev–Trinajstić information content (AvgIpc) is 3.04. The van der Waals surface area contributed by atoms with Gasteiger partial charge in [0.1, 0.15) is 0 Å². The van der Waals surface area contributed by atoms with Gasteiger partial charge in [0.2, 0.25) is 0 Å². The summed E-state index contributed by atoms with van der Waals surface area (Å²) < 4.78 is 0. The Balaban J connectivity index is 1.55. The fourth-order valence-electron chi connectivity index (χ4n) is 2.57. The molecular weight excluding hydrogens is 262 g/mol. The van der Waals surface area contributed by atoms with Crippen LogP contribution in [0.2, 0.25) is 0 Å². The lowest BCUT2D eigenvalue weighted by Gasteiger charge is -2.15. The lowest BCUT2D eigenvalue weighted by atomic mass is 10.3. The molecule has 0 saturated carbocycles. The first kappa shape index (κ1) is 15.8. The third-order valence-corrected chi connectivity index (χ3v) is 3.78. The molecule has 2 heterocycles. The molecule has 1 aromatic heterocycles. The zero-order valence-electron chi connectivity index (χ0n) is 13.0. The Morgan fingerprint density at radius 2 is 2.10 bits per heavy atom. The third-order valence-electron chi connectivity index (χ3n) is 3.78. The molecule has 0 bridgehead atoms. The topological polar surface area (TPSA) is 52.6 Å². The Labute approximate surface area is 127 Å². The van der Waals surface area contributed by atoms with Gasteiger partial charge >= 0.3 is 0 Å². The minimum Gasteiger partial charge on any atom is -0.356 e. The van der Waals surface area contributed by atoms with Crippen LogP contribution in [0.15, 0.2) is 29.4 Å². The molecule has 0 amide bonds. The summed E-state index contributed by atoms with van der Waals surface area (Å²) in [5.74, 6) is 0.849. The largest absolute Gasteiger partial charge is 0.356 e. The zero-order chi connectivity index (χ0) is 14.8. The molecule has 2 N–H and O–H groups in total. The predicted octanol–water partition coefficient (Wildman–Crippen LogP) is 1.62. The van der Waals surface area contributed by atoms with Gasteiger partial charge in [-0.05, 0) is 57.5 Å². The average molecular weight is 289 g/mol. The molecule has 0 aliphatic carbocycles. The zero-order valence-corrected chi connectivity index (χ0v) is 13.0. The fourth-order valence-corrected chi connectivity index (χ4v) is 2.57. The first-order valence-electron chi connectivity index (χ1n) is 7.95. The van der Waals surface area contributed by atoms with Crippen molar-refractivity contribution in [2.45, 2.75) is 32.2 Å². The first-order chi connectivity index (χ1) is 10.4. The maximum Gasteiger partial charge on any atom is 0.191 e. The molecule has 21 heavy (non-hydrogen) atoms. The number of hydrogen-bond acceptors (Lipinski definition) is 3. The molecule has 0 aromatic carbocycles. The lowest BCUT2D eigenvalue weighted by Crippen LogP contribution is -2.37. The molecule has 1 aromatic rings. The summed E-state index contributed by atoms with van der Waals surface area (Å²) >= 11 is 0. The highest BCUT2D eigenvalue weighted by Gasteiger charge is 2.09. The summed E-state index contributed by atoms with van der Waals surface area (Å²) in [4.78, 5) is 11.1. The number of nitrogens with one attached hydrogen (secondary N) is 2. The van der Waals surface area contributed by atoms with E-state index in [1.54, 1.807) is 7.05 Å². The van der Waals surface area contributed by atoms with Crippen LogP contribution in [0.3, 0.4) is 0 Å². The lowest BCUT2D eigenvalue weighted by molar-refractivity contribution is 0.330. The molecule has 0 radical (unpaired) electrons. The summed E-state index contributed by atoms with van der Waals surface area (Å²) in [6, 6.07) is 5.94. The second kappa shape index (κ2) is 9.34. The Hall–Kier alpha value is -1.62. The van der Waals surface area contributed by atoms with Crippen molar-refractivity contribution < 1.29 is 0 Å². The van der Waals surface area contributed by atoms with Crippen molar-refractivity contribution in [1.82, 2.24) is 20.5 Å². The van der Waals surface area contributed by atoms with Crippen LogP contribution in [0.25, 0.3) is 0 Å². The normalized spacial score (nSPS) is 16.1. The maximum absolute atomic E-state index is 4.29. The molecule has 0 atom stereocenters. The van der Waals surface area contributed by atoms with Crippen molar-refractivity contribution in [2.75, 3.05) is 33.2 Å². The van der Waals surface area contributed by atoms with E-state index < -0.39 is 0 Å². The van der Waals surface area contributed by atoms with Gasteiger partial charge in [-0.1, -0.05) is 6.07 Å². The fraction of sp³-hybridized carbons (Fsp3) is 0.625. The van der Waals surface area contributed by atoms with Crippen molar-refractivity contribution in [2.24, 2.45) is 4.99 Å². The molecule has 1 aliphatic rings. The van der Waals surface area contributed by atoms with Crippen LogP contribution in [0.5, 0.6) is 0 Å². The Morgan fingerprint density at radius 1 is 1.24 bits per heavy atom. The number of rotatable bonds is 7. The molecule has 0 unspecified atom stereocenters. The Bertz CT molecular complexity index is 412. The van der Waals surface area contributed by atoms with Crippen molar-refractivity contribution in [3.63, 3.8) is 0 Å². The maximum atomic E-state index is 4.29. The third kappa shape index (κ3) is 6.12. The van der Waals surface area contributed by atoms with Crippen LogP contribution < -0.4 is 10.6 Å². The van der Waals surface area contributed by atoms with E-state index in [0.717, 1.165) is 18.2 Å². The summed E-state index contributed by atoms with van der Waals surface area (Å²) in [5, 5.41) is 6.64. The highest BCUT2D eigenvalue weighted by Crippen LogP contribution is 2.07. The Morgan fingerprint density at radius 3 is 2.81 bits per heavy atom. The van der Waals surface area contributed by atoms with E-state index in [1.807, 2.05) is 24.4 Å². The number of likely N-dealkylation sites (tertiary alicyclic amines) is 1. The van der Waals surface area contributed by atoms with E-state index in [1.165, 1.54) is 45.3 Å². The van der Waals surface area contributed by atoms with Gasteiger partial charge < -0.3 is 15.5 Å². The van der Waals surface area contributed by atoms with E-state index in [9.17, 15) is 0 Å². The molecule has 1 aliphatic heterocycles. The monoisotopic (exact) mass is 289 g/mol. The summed E-state index contributed by atoms with van der Waals surface area (Å²) in [6.45, 7) is 5.49. The number of aromatic nitrogens is 1. The number of guanidine groups is 1. The van der Waals surface area contributed by atoms with Crippen LogP contribution in [0, 0.1) is 0 Å². The van der Waals surface area contributed by atoms with Gasteiger partial charge in [0.15, 0.2) is 5.96 Å². The summed E-state index contributed by atoms with van der Waals surface area (Å²) in [6.07, 6.45) is 7.00. The minimum atomic E-state index is 0.703. The highest BCUT2D eigenvalue weighted by molar-refractivity contribution is 5.79. The van der Waals surface area contributed by atoms with Gasteiger partial charge in [-0.2, -0.15) is 0 Å². The molecule has 2 rings (SSSR count). The number of hydrogen-bond donors (Lipinski definition) is 2. The summed E-state index contributed by atoms with van der Waals surface area (Å²) in [5.41, 5.74) is 1.02. The number of unbranched alkanes of at least 4 members (excludes halogenated alkanes) is 1. The van der Waals surface area contributed by atoms with E-state index in [-0.39, 0.29) is 0 Å². The SMILES string of the molecule is CN=C(NCCCCN1CCCC1)NCc1ccccn1. The van der Waals surface area contributed by atoms with Gasteiger partial charge in [0, 0.05) is 19.8 Å². The van der Waals surface area contributed by atoms with Crippen LogP contribution in [0.4, 0.5) is 0 Å². The smallest absolute Gasteiger partial charge is 0.191 e. The van der Waals surface area contributed by atoms with Crippen molar-refractivity contribution >= 4 is 5.96 Å².